The Bertz CT molecular complexity index is 647. The van der Waals surface area contributed by atoms with Crippen LogP contribution >= 0.6 is 11.8 Å². The lowest BCUT2D eigenvalue weighted by molar-refractivity contribution is 0.623. The molecule has 0 aliphatic heterocycles. The van der Waals surface area contributed by atoms with E-state index in [4.69, 9.17) is 11.0 Å². The van der Waals surface area contributed by atoms with Crippen LogP contribution in [0.4, 0.5) is 4.39 Å². The topological polar surface area (TPSA) is 49.8 Å². The van der Waals surface area contributed by atoms with Crippen LogP contribution in [-0.4, -0.2) is 0 Å². The van der Waals surface area contributed by atoms with Crippen molar-refractivity contribution in [1.82, 2.24) is 0 Å². The molecule has 0 spiro atoms. The molecule has 0 aliphatic rings. The van der Waals surface area contributed by atoms with Gasteiger partial charge in [0, 0.05) is 16.7 Å². The number of nitrogens with zero attached hydrogens (tertiary/aromatic N) is 1. The van der Waals surface area contributed by atoms with Gasteiger partial charge in [-0.1, -0.05) is 18.2 Å². The molecule has 2 aromatic rings. The van der Waals surface area contributed by atoms with E-state index >= 15 is 0 Å². The molecule has 4 heteroatoms. The second kappa shape index (κ2) is 6.56. The highest BCUT2D eigenvalue weighted by Gasteiger charge is 2.05. The van der Waals surface area contributed by atoms with Gasteiger partial charge in [0.2, 0.25) is 0 Å². The minimum Gasteiger partial charge on any atom is -0.324 e. The summed E-state index contributed by atoms with van der Waals surface area (Å²) in [6.45, 7) is 1.95. The molecule has 2 nitrogen and oxygen atoms in total. The Hall–Kier alpha value is -1.83. The van der Waals surface area contributed by atoms with Crippen LogP contribution in [-0.2, 0) is 5.75 Å². The van der Waals surface area contributed by atoms with E-state index < -0.39 is 5.82 Å². The molecule has 0 heterocycles. The maximum Gasteiger partial charge on any atom is 0.140 e. The molecule has 102 valence electrons. The zero-order valence-corrected chi connectivity index (χ0v) is 12.0. The fourth-order valence-corrected chi connectivity index (χ4v) is 2.71. The summed E-state index contributed by atoms with van der Waals surface area (Å²) >= 11 is 1.64. The smallest absolute Gasteiger partial charge is 0.140 e. The quantitative estimate of drug-likeness (QED) is 0.864. The summed E-state index contributed by atoms with van der Waals surface area (Å²) in [4.78, 5) is 1.11. The summed E-state index contributed by atoms with van der Waals surface area (Å²) in [6, 6.07) is 14.6. The third kappa shape index (κ3) is 3.60. The molecule has 0 radical (unpaired) electrons. The van der Waals surface area contributed by atoms with Gasteiger partial charge < -0.3 is 5.73 Å². The molecule has 2 rings (SSSR count). The molecule has 0 fully saturated rings. The minimum absolute atomic E-state index is 0.00608. The summed E-state index contributed by atoms with van der Waals surface area (Å²) in [5, 5.41) is 8.81. The zero-order valence-electron chi connectivity index (χ0n) is 11.1. The van der Waals surface area contributed by atoms with E-state index in [1.54, 1.807) is 23.9 Å². The van der Waals surface area contributed by atoms with Crippen LogP contribution in [0.2, 0.25) is 0 Å². The van der Waals surface area contributed by atoms with Crippen LogP contribution in [0.15, 0.2) is 47.4 Å². The number of nitriles is 1. The SMILES string of the molecule is CC(N)c1cccc(SCc2ccc(F)c(C#N)c2)c1. The van der Waals surface area contributed by atoms with Crippen LogP contribution in [0.3, 0.4) is 0 Å². The molecule has 1 atom stereocenters. The number of rotatable bonds is 4. The van der Waals surface area contributed by atoms with Crippen molar-refractivity contribution >= 4 is 11.8 Å². The van der Waals surface area contributed by atoms with Crippen LogP contribution in [0.25, 0.3) is 0 Å². The van der Waals surface area contributed by atoms with E-state index in [1.807, 2.05) is 31.2 Å². The molecule has 2 aromatic carbocycles. The van der Waals surface area contributed by atoms with Gasteiger partial charge in [-0.3, -0.25) is 0 Å². The normalized spacial score (nSPS) is 11.9. The summed E-state index contributed by atoms with van der Waals surface area (Å²) in [6.07, 6.45) is 0. The second-order valence-corrected chi connectivity index (χ2v) is 5.62. The maximum atomic E-state index is 13.2. The first-order chi connectivity index (χ1) is 9.60. The van der Waals surface area contributed by atoms with E-state index in [-0.39, 0.29) is 11.6 Å². The predicted octanol–water partition coefficient (Wildman–Crippen LogP) is 4.01. The molecule has 0 saturated heterocycles. The van der Waals surface area contributed by atoms with Gasteiger partial charge in [-0.05, 0) is 42.3 Å². The summed E-state index contributed by atoms with van der Waals surface area (Å²) in [7, 11) is 0. The number of hydrogen-bond donors (Lipinski definition) is 1. The first-order valence-electron chi connectivity index (χ1n) is 6.27. The van der Waals surface area contributed by atoms with Crippen molar-refractivity contribution in [3.63, 3.8) is 0 Å². The van der Waals surface area contributed by atoms with Crippen LogP contribution in [0.5, 0.6) is 0 Å². The Morgan fingerprint density at radius 3 is 2.80 bits per heavy atom. The largest absolute Gasteiger partial charge is 0.324 e. The van der Waals surface area contributed by atoms with Crippen LogP contribution in [0, 0.1) is 17.1 Å². The number of thioether (sulfide) groups is 1. The lowest BCUT2D eigenvalue weighted by Gasteiger charge is -2.08. The van der Waals surface area contributed by atoms with Crippen molar-refractivity contribution in [2.24, 2.45) is 5.73 Å². The van der Waals surface area contributed by atoms with E-state index in [0.717, 1.165) is 16.0 Å². The van der Waals surface area contributed by atoms with Crippen molar-refractivity contribution < 1.29 is 4.39 Å². The molecular formula is C16H15FN2S. The summed E-state index contributed by atoms with van der Waals surface area (Å²) in [5.41, 5.74) is 7.97. The maximum absolute atomic E-state index is 13.2. The second-order valence-electron chi connectivity index (χ2n) is 4.58. The third-order valence-electron chi connectivity index (χ3n) is 2.94. The molecule has 2 N–H and O–H groups in total. The Balaban J connectivity index is 2.09. The number of halogens is 1. The summed E-state index contributed by atoms with van der Waals surface area (Å²) < 4.78 is 13.2. The van der Waals surface area contributed by atoms with Gasteiger partial charge in [-0.15, -0.1) is 11.8 Å². The van der Waals surface area contributed by atoms with Crippen molar-refractivity contribution in [3.05, 3.63) is 65.0 Å². The monoisotopic (exact) mass is 286 g/mol. The van der Waals surface area contributed by atoms with E-state index in [0.29, 0.717) is 5.75 Å². The highest BCUT2D eigenvalue weighted by molar-refractivity contribution is 7.98. The van der Waals surface area contributed by atoms with Gasteiger partial charge in [0.05, 0.1) is 5.56 Å². The van der Waals surface area contributed by atoms with Gasteiger partial charge in [0.1, 0.15) is 11.9 Å². The molecule has 1 unspecified atom stereocenters. The fourth-order valence-electron chi connectivity index (χ4n) is 1.80. The number of hydrogen-bond acceptors (Lipinski definition) is 3. The van der Waals surface area contributed by atoms with Crippen LogP contribution < -0.4 is 5.73 Å². The van der Waals surface area contributed by atoms with Crippen LogP contribution in [0.1, 0.15) is 29.7 Å². The average Bonchev–Trinajstić information content (AvgIpc) is 2.46. The van der Waals surface area contributed by atoms with Crippen molar-refractivity contribution in [2.75, 3.05) is 0 Å². The highest BCUT2D eigenvalue weighted by atomic mass is 32.2. The minimum atomic E-state index is -0.472. The number of benzene rings is 2. The first kappa shape index (κ1) is 14.6. The third-order valence-corrected chi connectivity index (χ3v) is 4.01. The first-order valence-corrected chi connectivity index (χ1v) is 7.25. The van der Waals surface area contributed by atoms with Crippen molar-refractivity contribution in [3.8, 4) is 6.07 Å². The Kier molecular flexibility index (Phi) is 4.78. The fraction of sp³-hybridized carbons (Fsp3) is 0.188. The van der Waals surface area contributed by atoms with Gasteiger partial charge in [0.15, 0.2) is 0 Å². The molecule has 0 bridgehead atoms. The lowest BCUT2D eigenvalue weighted by atomic mass is 10.1. The van der Waals surface area contributed by atoms with E-state index in [1.165, 1.54) is 6.07 Å². The molecule has 0 aromatic heterocycles. The zero-order chi connectivity index (χ0) is 14.5. The Labute approximate surface area is 122 Å². The van der Waals surface area contributed by atoms with E-state index in [9.17, 15) is 4.39 Å². The van der Waals surface area contributed by atoms with Crippen molar-refractivity contribution in [1.29, 1.82) is 5.26 Å². The lowest BCUT2D eigenvalue weighted by Crippen LogP contribution is -2.04. The molecule has 0 aliphatic carbocycles. The average molecular weight is 286 g/mol. The molecule has 20 heavy (non-hydrogen) atoms. The molecule has 0 saturated carbocycles. The van der Waals surface area contributed by atoms with Gasteiger partial charge in [0.25, 0.3) is 0 Å². The predicted molar refractivity (Wildman–Crippen MR) is 79.7 cm³/mol. The standard InChI is InChI=1S/C16H15FN2S/c1-11(19)13-3-2-4-15(8-13)20-10-12-5-6-16(17)14(7-12)9-18/h2-8,11H,10,19H2,1H3. The van der Waals surface area contributed by atoms with Crippen molar-refractivity contribution in [2.45, 2.75) is 23.6 Å². The molecular weight excluding hydrogens is 271 g/mol. The number of nitrogens with two attached hydrogens (primary N) is 1. The van der Waals surface area contributed by atoms with Gasteiger partial charge in [-0.25, -0.2) is 4.39 Å². The van der Waals surface area contributed by atoms with Gasteiger partial charge in [-0.2, -0.15) is 5.26 Å². The highest BCUT2D eigenvalue weighted by Crippen LogP contribution is 2.25. The Morgan fingerprint density at radius 2 is 2.10 bits per heavy atom. The van der Waals surface area contributed by atoms with Gasteiger partial charge >= 0.3 is 0 Å². The van der Waals surface area contributed by atoms with E-state index in [2.05, 4.69) is 6.07 Å². The molecule has 0 amide bonds. The summed E-state index contributed by atoms with van der Waals surface area (Å²) in [5.74, 6) is 0.220. The Morgan fingerprint density at radius 1 is 1.30 bits per heavy atom.